The summed E-state index contributed by atoms with van der Waals surface area (Å²) in [5.74, 6) is 0.785. The number of fused-ring (bicyclic) bond motifs is 1. The van der Waals surface area contributed by atoms with Gasteiger partial charge in [-0.2, -0.15) is 0 Å². The predicted molar refractivity (Wildman–Crippen MR) is 96.4 cm³/mol. The van der Waals surface area contributed by atoms with Crippen molar-refractivity contribution >= 4 is 22.8 Å². The molecule has 0 saturated heterocycles. The fraction of sp³-hybridized carbons (Fsp3) is 0.200. The number of carbonyl (C=O) groups is 1. The molecular formula is C20H20N2O2. The summed E-state index contributed by atoms with van der Waals surface area (Å²) in [6.45, 7) is 6.00. The second kappa shape index (κ2) is 6.71. The van der Waals surface area contributed by atoms with Crippen LogP contribution in [0, 0.1) is 6.92 Å². The molecule has 0 aliphatic carbocycles. The van der Waals surface area contributed by atoms with Gasteiger partial charge in [-0.3, -0.25) is 9.78 Å². The maximum atomic E-state index is 12.3. The van der Waals surface area contributed by atoms with Gasteiger partial charge in [0.25, 0.3) is 0 Å². The van der Waals surface area contributed by atoms with E-state index in [0.29, 0.717) is 5.56 Å². The lowest BCUT2D eigenvalue weighted by Crippen LogP contribution is -2.05. The van der Waals surface area contributed by atoms with Crippen LogP contribution in [-0.4, -0.2) is 21.9 Å². The van der Waals surface area contributed by atoms with Gasteiger partial charge in [-0.15, -0.1) is 0 Å². The van der Waals surface area contributed by atoms with Gasteiger partial charge < -0.3 is 9.72 Å². The van der Waals surface area contributed by atoms with Crippen LogP contribution in [0.15, 0.2) is 48.8 Å². The van der Waals surface area contributed by atoms with Crippen molar-refractivity contribution in [2.75, 3.05) is 0 Å². The number of hydrogen-bond acceptors (Lipinski definition) is 3. The van der Waals surface area contributed by atoms with Gasteiger partial charge in [-0.1, -0.05) is 0 Å². The van der Waals surface area contributed by atoms with Crippen molar-refractivity contribution in [3.05, 3.63) is 65.6 Å². The summed E-state index contributed by atoms with van der Waals surface area (Å²) < 4.78 is 5.77. The van der Waals surface area contributed by atoms with Crippen LogP contribution in [0.5, 0.6) is 5.75 Å². The Labute approximate surface area is 141 Å². The van der Waals surface area contributed by atoms with Gasteiger partial charge in [0.05, 0.1) is 6.10 Å². The van der Waals surface area contributed by atoms with E-state index in [0.717, 1.165) is 27.9 Å². The van der Waals surface area contributed by atoms with Crippen LogP contribution in [-0.2, 0) is 0 Å². The number of hydrogen-bond donors (Lipinski definition) is 1. The highest BCUT2D eigenvalue weighted by Gasteiger charge is 2.09. The largest absolute Gasteiger partial charge is 0.491 e. The van der Waals surface area contributed by atoms with E-state index in [9.17, 15) is 4.79 Å². The fourth-order valence-corrected chi connectivity index (χ4v) is 2.66. The molecule has 2 aromatic heterocycles. The van der Waals surface area contributed by atoms with E-state index in [1.54, 1.807) is 30.6 Å². The normalized spacial score (nSPS) is 11.5. The number of H-pyrrole nitrogens is 1. The zero-order chi connectivity index (χ0) is 17.1. The zero-order valence-electron chi connectivity index (χ0n) is 14.0. The lowest BCUT2D eigenvalue weighted by Gasteiger charge is -2.09. The molecule has 2 heterocycles. The van der Waals surface area contributed by atoms with Crippen molar-refractivity contribution < 1.29 is 9.53 Å². The molecule has 4 nitrogen and oxygen atoms in total. The maximum Gasteiger partial charge on any atom is 0.185 e. The Balaban J connectivity index is 1.94. The van der Waals surface area contributed by atoms with Crippen molar-refractivity contribution in [3.63, 3.8) is 0 Å². The SMILES string of the molecule is Cc1[nH]c2ccc(OC(C)C)cc2c1/C=C/C(=O)c1ccncc1. The first-order chi connectivity index (χ1) is 11.5. The average Bonchev–Trinajstić information content (AvgIpc) is 2.87. The Morgan fingerprint density at radius 1 is 1.21 bits per heavy atom. The number of allylic oxidation sites excluding steroid dienone is 1. The van der Waals surface area contributed by atoms with Crippen LogP contribution in [0.1, 0.15) is 35.5 Å². The Morgan fingerprint density at radius 2 is 1.96 bits per heavy atom. The molecule has 1 aromatic carbocycles. The van der Waals surface area contributed by atoms with Gasteiger partial charge >= 0.3 is 0 Å². The average molecular weight is 320 g/mol. The van der Waals surface area contributed by atoms with Crippen molar-refractivity contribution in [3.8, 4) is 5.75 Å². The standard InChI is InChI=1S/C20H20N2O2/c1-13(2)24-16-4-6-19-18(12-16)17(14(3)22-19)5-7-20(23)15-8-10-21-11-9-15/h4-13,22H,1-3H3/b7-5+. The molecule has 0 saturated carbocycles. The van der Waals surface area contributed by atoms with Crippen LogP contribution in [0.25, 0.3) is 17.0 Å². The summed E-state index contributed by atoms with van der Waals surface area (Å²) in [4.78, 5) is 19.5. The molecule has 1 N–H and O–H groups in total. The first kappa shape index (κ1) is 16.0. The highest BCUT2D eigenvalue weighted by Crippen LogP contribution is 2.28. The number of aromatic nitrogens is 2. The van der Waals surface area contributed by atoms with Crippen LogP contribution < -0.4 is 4.74 Å². The summed E-state index contributed by atoms with van der Waals surface area (Å²) in [5.41, 5.74) is 3.68. The van der Waals surface area contributed by atoms with Gasteiger partial charge in [0, 0.05) is 40.1 Å². The molecule has 3 aromatic rings. The highest BCUT2D eigenvalue weighted by atomic mass is 16.5. The Hall–Kier alpha value is -2.88. The first-order valence-electron chi connectivity index (χ1n) is 7.96. The second-order valence-electron chi connectivity index (χ2n) is 5.97. The molecule has 0 bridgehead atoms. The summed E-state index contributed by atoms with van der Waals surface area (Å²) in [5, 5.41) is 1.05. The fourth-order valence-electron chi connectivity index (χ4n) is 2.66. The van der Waals surface area contributed by atoms with Crippen molar-refractivity contribution in [1.29, 1.82) is 0 Å². The van der Waals surface area contributed by atoms with Gasteiger partial charge in [0.1, 0.15) is 5.75 Å². The van der Waals surface area contributed by atoms with E-state index < -0.39 is 0 Å². The van der Waals surface area contributed by atoms with E-state index in [1.165, 1.54) is 0 Å². The lowest BCUT2D eigenvalue weighted by molar-refractivity contribution is 0.104. The van der Waals surface area contributed by atoms with E-state index in [2.05, 4.69) is 9.97 Å². The number of pyridine rings is 1. The predicted octanol–water partition coefficient (Wildman–Crippen LogP) is 4.55. The molecule has 0 aliphatic rings. The summed E-state index contributed by atoms with van der Waals surface area (Å²) in [6.07, 6.45) is 6.81. The van der Waals surface area contributed by atoms with Crippen molar-refractivity contribution in [2.45, 2.75) is 26.9 Å². The van der Waals surface area contributed by atoms with E-state index in [1.807, 2.05) is 45.0 Å². The number of aromatic amines is 1. The molecule has 24 heavy (non-hydrogen) atoms. The lowest BCUT2D eigenvalue weighted by atomic mass is 10.1. The van der Waals surface area contributed by atoms with Crippen LogP contribution in [0.4, 0.5) is 0 Å². The molecule has 0 fully saturated rings. The molecule has 4 heteroatoms. The number of ether oxygens (including phenoxy) is 1. The molecule has 0 atom stereocenters. The number of aryl methyl sites for hydroxylation is 1. The topological polar surface area (TPSA) is 55.0 Å². The summed E-state index contributed by atoms with van der Waals surface area (Å²) in [7, 11) is 0. The van der Waals surface area contributed by atoms with Gasteiger partial charge in [0.2, 0.25) is 0 Å². The number of carbonyl (C=O) groups excluding carboxylic acids is 1. The minimum Gasteiger partial charge on any atom is -0.491 e. The molecular weight excluding hydrogens is 300 g/mol. The number of ketones is 1. The summed E-state index contributed by atoms with van der Waals surface area (Å²) >= 11 is 0. The van der Waals surface area contributed by atoms with Crippen LogP contribution >= 0.6 is 0 Å². The number of nitrogens with zero attached hydrogens (tertiary/aromatic N) is 1. The Morgan fingerprint density at radius 3 is 2.67 bits per heavy atom. The zero-order valence-corrected chi connectivity index (χ0v) is 14.0. The van der Waals surface area contributed by atoms with E-state index in [4.69, 9.17) is 4.74 Å². The smallest absolute Gasteiger partial charge is 0.185 e. The Kier molecular flexibility index (Phi) is 4.47. The highest BCUT2D eigenvalue weighted by molar-refractivity contribution is 6.08. The third kappa shape index (κ3) is 3.38. The van der Waals surface area contributed by atoms with Gasteiger partial charge in [0.15, 0.2) is 5.78 Å². The van der Waals surface area contributed by atoms with E-state index >= 15 is 0 Å². The summed E-state index contributed by atoms with van der Waals surface area (Å²) in [6, 6.07) is 9.39. The number of benzene rings is 1. The quantitative estimate of drug-likeness (QED) is 0.554. The molecule has 0 spiro atoms. The van der Waals surface area contributed by atoms with Gasteiger partial charge in [-0.05, 0) is 63.3 Å². The minimum atomic E-state index is -0.0410. The third-order valence-corrected chi connectivity index (χ3v) is 3.75. The van der Waals surface area contributed by atoms with Crippen LogP contribution in [0.2, 0.25) is 0 Å². The van der Waals surface area contributed by atoms with E-state index in [-0.39, 0.29) is 11.9 Å². The maximum absolute atomic E-state index is 12.3. The minimum absolute atomic E-state index is 0.0410. The molecule has 0 unspecified atom stereocenters. The van der Waals surface area contributed by atoms with Gasteiger partial charge in [-0.25, -0.2) is 0 Å². The second-order valence-corrected chi connectivity index (χ2v) is 5.97. The van der Waals surface area contributed by atoms with Crippen LogP contribution in [0.3, 0.4) is 0 Å². The Bertz CT molecular complexity index is 893. The molecule has 3 rings (SSSR count). The number of rotatable bonds is 5. The van der Waals surface area contributed by atoms with Crippen molar-refractivity contribution in [1.82, 2.24) is 9.97 Å². The molecule has 0 aliphatic heterocycles. The molecule has 0 radical (unpaired) electrons. The number of nitrogens with one attached hydrogen (secondary N) is 1. The van der Waals surface area contributed by atoms with Crippen molar-refractivity contribution in [2.24, 2.45) is 0 Å². The monoisotopic (exact) mass is 320 g/mol. The first-order valence-corrected chi connectivity index (χ1v) is 7.96. The molecule has 122 valence electrons. The molecule has 0 amide bonds. The third-order valence-electron chi connectivity index (χ3n) is 3.75.